The molecular formula is C31H60O2Si2. The van der Waals surface area contributed by atoms with Crippen LogP contribution in [0.1, 0.15) is 113 Å². The zero-order chi connectivity index (χ0) is 26.2. The summed E-state index contributed by atoms with van der Waals surface area (Å²) in [6, 6.07) is 0. The highest BCUT2D eigenvalue weighted by atomic mass is 28.4. The molecule has 0 amide bonds. The van der Waals surface area contributed by atoms with Crippen molar-refractivity contribution in [3.05, 3.63) is 0 Å². The van der Waals surface area contributed by atoms with Crippen molar-refractivity contribution in [2.24, 2.45) is 34.5 Å². The fourth-order valence-corrected chi connectivity index (χ4v) is 11.5. The third-order valence-corrected chi connectivity index (χ3v) is 22.1. The Hall–Kier alpha value is 0.354. The van der Waals surface area contributed by atoms with Crippen molar-refractivity contribution in [1.29, 1.82) is 0 Å². The largest absolute Gasteiger partial charge is 0.414 e. The summed E-state index contributed by atoms with van der Waals surface area (Å²) >= 11 is 0. The molecule has 0 bridgehead atoms. The zero-order valence-corrected chi connectivity index (χ0v) is 27.6. The summed E-state index contributed by atoms with van der Waals surface area (Å²) < 4.78 is 14.1. The third kappa shape index (κ3) is 4.82. The second-order valence-corrected chi connectivity index (χ2v) is 26.4. The number of fused-ring (bicyclic) bond motifs is 5. The van der Waals surface area contributed by atoms with E-state index in [1.165, 1.54) is 57.8 Å². The van der Waals surface area contributed by atoms with Gasteiger partial charge in [0.25, 0.3) is 0 Å². The van der Waals surface area contributed by atoms with Crippen LogP contribution in [0.25, 0.3) is 0 Å². The van der Waals surface area contributed by atoms with E-state index < -0.39 is 16.6 Å². The Balaban J connectivity index is 1.46. The van der Waals surface area contributed by atoms with Gasteiger partial charge in [-0.2, -0.15) is 0 Å². The van der Waals surface area contributed by atoms with Gasteiger partial charge in [-0.1, -0.05) is 55.4 Å². The average Bonchev–Trinajstić information content (AvgIpc) is 3.02. The van der Waals surface area contributed by atoms with Gasteiger partial charge in [0.05, 0.1) is 6.10 Å². The van der Waals surface area contributed by atoms with Crippen LogP contribution in [0.3, 0.4) is 0 Å². The summed E-state index contributed by atoms with van der Waals surface area (Å²) in [4.78, 5) is 0. The van der Waals surface area contributed by atoms with Crippen molar-refractivity contribution in [2.75, 3.05) is 0 Å². The van der Waals surface area contributed by atoms with Crippen LogP contribution in [0, 0.1) is 34.5 Å². The lowest BCUT2D eigenvalue weighted by Crippen LogP contribution is -2.56. The van der Waals surface area contributed by atoms with Gasteiger partial charge < -0.3 is 8.85 Å². The lowest BCUT2D eigenvalue weighted by Gasteiger charge is -2.61. The molecule has 0 N–H and O–H groups in total. The molecule has 8 atom stereocenters. The first-order valence-corrected chi connectivity index (χ1v) is 21.0. The van der Waals surface area contributed by atoms with Gasteiger partial charge >= 0.3 is 0 Å². The molecule has 0 radical (unpaired) electrons. The highest BCUT2D eigenvalue weighted by molar-refractivity contribution is 6.74. The molecule has 0 spiro atoms. The monoisotopic (exact) mass is 520 g/mol. The molecule has 4 fully saturated rings. The molecule has 2 nitrogen and oxygen atoms in total. The van der Waals surface area contributed by atoms with Crippen molar-refractivity contribution >= 4 is 16.6 Å². The summed E-state index contributed by atoms with van der Waals surface area (Å²) in [5.74, 6) is 3.62. The van der Waals surface area contributed by atoms with Crippen molar-refractivity contribution in [3.8, 4) is 0 Å². The van der Waals surface area contributed by atoms with Crippen molar-refractivity contribution in [3.63, 3.8) is 0 Å². The summed E-state index contributed by atoms with van der Waals surface area (Å²) in [7, 11) is -3.42. The minimum Gasteiger partial charge on any atom is -0.414 e. The van der Waals surface area contributed by atoms with Crippen molar-refractivity contribution in [2.45, 2.75) is 162 Å². The predicted molar refractivity (Wildman–Crippen MR) is 156 cm³/mol. The van der Waals surface area contributed by atoms with E-state index in [1.807, 2.05) is 0 Å². The molecule has 0 aromatic rings. The SMILES string of the molecule is CC(C)(C)[Si](C)(C)O[C@H]1CC[C@@]2(C)[C@@H](CC[C@@H]3[C@@H]2CC[C@]2(C)[C@@H](O[Si](C)(C)C(C)(C)C)CC[C@@H]32)C1. The summed E-state index contributed by atoms with van der Waals surface area (Å²) in [5, 5.41) is 0.611. The standard InChI is InChI=1S/C31H60O2Si2/c1-28(2,3)34(9,10)32-23-17-19-30(7)22(21-23)13-14-24-25-15-16-27(31(25,8)20-18-26(24)30)33-35(11,12)29(4,5)6/h22-27H,13-21H2,1-12H3/t22-,23-,24-,25-,26-,27-,30-,31-/m0/s1. The van der Waals surface area contributed by atoms with E-state index >= 15 is 0 Å². The van der Waals surface area contributed by atoms with E-state index in [2.05, 4.69) is 81.6 Å². The molecule has 0 aromatic carbocycles. The predicted octanol–water partition coefficient (Wildman–Crippen LogP) is 9.81. The van der Waals surface area contributed by atoms with Gasteiger partial charge in [-0.05, 0) is 129 Å². The first-order valence-electron chi connectivity index (χ1n) is 15.2. The zero-order valence-electron chi connectivity index (χ0n) is 25.6. The van der Waals surface area contributed by atoms with E-state index in [-0.39, 0.29) is 0 Å². The molecule has 4 saturated carbocycles. The Labute approximate surface area is 221 Å². The van der Waals surface area contributed by atoms with E-state index in [4.69, 9.17) is 8.85 Å². The molecule has 204 valence electrons. The van der Waals surface area contributed by atoms with Crippen LogP contribution in [0.5, 0.6) is 0 Å². The fraction of sp³-hybridized carbons (Fsp3) is 1.00. The van der Waals surface area contributed by atoms with Crippen LogP contribution in [-0.2, 0) is 8.85 Å². The smallest absolute Gasteiger partial charge is 0.192 e. The third-order valence-electron chi connectivity index (χ3n) is 13.0. The molecule has 35 heavy (non-hydrogen) atoms. The van der Waals surface area contributed by atoms with Crippen LogP contribution in [0.4, 0.5) is 0 Å². The topological polar surface area (TPSA) is 18.5 Å². The Morgan fingerprint density at radius 3 is 1.77 bits per heavy atom. The second kappa shape index (κ2) is 8.95. The molecule has 0 saturated heterocycles. The lowest BCUT2D eigenvalue weighted by atomic mass is 9.45. The number of rotatable bonds is 4. The summed E-state index contributed by atoms with van der Waals surface area (Å²) in [5.41, 5.74) is 0.943. The lowest BCUT2D eigenvalue weighted by molar-refractivity contribution is -0.131. The molecule has 0 aliphatic heterocycles. The van der Waals surface area contributed by atoms with Crippen LogP contribution in [-0.4, -0.2) is 28.8 Å². The van der Waals surface area contributed by atoms with E-state index in [1.54, 1.807) is 0 Å². The Morgan fingerprint density at radius 1 is 0.629 bits per heavy atom. The van der Waals surface area contributed by atoms with Crippen molar-refractivity contribution in [1.82, 2.24) is 0 Å². The van der Waals surface area contributed by atoms with Gasteiger partial charge in [-0.3, -0.25) is 0 Å². The van der Waals surface area contributed by atoms with Gasteiger partial charge in [0.2, 0.25) is 0 Å². The first kappa shape index (κ1) is 28.4. The highest BCUT2D eigenvalue weighted by Crippen LogP contribution is 2.67. The average molecular weight is 521 g/mol. The number of hydrogen-bond donors (Lipinski definition) is 0. The Morgan fingerprint density at radius 2 is 1.17 bits per heavy atom. The van der Waals surface area contributed by atoms with Gasteiger partial charge in [0.1, 0.15) is 0 Å². The fourth-order valence-electron chi connectivity index (χ4n) is 8.60. The molecule has 4 aliphatic rings. The quantitative estimate of drug-likeness (QED) is 0.343. The molecular weight excluding hydrogens is 461 g/mol. The number of hydrogen-bond acceptors (Lipinski definition) is 2. The Bertz CT molecular complexity index is 778. The van der Waals surface area contributed by atoms with Crippen LogP contribution >= 0.6 is 0 Å². The second-order valence-electron chi connectivity index (χ2n) is 16.9. The molecule has 4 rings (SSSR count). The van der Waals surface area contributed by atoms with E-state index in [0.717, 1.165) is 23.7 Å². The molecule has 0 aromatic heterocycles. The minimum atomic E-state index is -1.73. The maximum atomic E-state index is 7.16. The minimum absolute atomic E-state index is 0.301. The van der Waals surface area contributed by atoms with Crippen LogP contribution in [0.2, 0.25) is 36.3 Å². The maximum absolute atomic E-state index is 7.16. The highest BCUT2D eigenvalue weighted by Gasteiger charge is 2.61. The Kier molecular flexibility index (Phi) is 7.25. The van der Waals surface area contributed by atoms with E-state index in [0.29, 0.717) is 33.1 Å². The molecule has 0 heterocycles. The summed E-state index contributed by atoms with van der Waals surface area (Å²) in [6.45, 7) is 29.5. The molecule has 4 aliphatic carbocycles. The first-order chi connectivity index (χ1) is 15.8. The molecule has 4 heteroatoms. The summed E-state index contributed by atoms with van der Waals surface area (Å²) in [6.07, 6.45) is 13.5. The van der Waals surface area contributed by atoms with Crippen molar-refractivity contribution < 1.29 is 8.85 Å². The van der Waals surface area contributed by atoms with Gasteiger partial charge in [-0.25, -0.2) is 0 Å². The van der Waals surface area contributed by atoms with Gasteiger partial charge in [0, 0.05) is 6.10 Å². The van der Waals surface area contributed by atoms with E-state index in [9.17, 15) is 0 Å². The molecule has 0 unspecified atom stereocenters. The maximum Gasteiger partial charge on any atom is 0.192 e. The normalized spacial score (nSPS) is 42.9. The van der Waals surface area contributed by atoms with Gasteiger partial charge in [0.15, 0.2) is 16.6 Å². The van der Waals surface area contributed by atoms with Crippen LogP contribution in [0.15, 0.2) is 0 Å². The van der Waals surface area contributed by atoms with Crippen LogP contribution < -0.4 is 0 Å². The van der Waals surface area contributed by atoms with Gasteiger partial charge in [-0.15, -0.1) is 0 Å².